The second-order valence-corrected chi connectivity index (χ2v) is 10.9. The molecule has 1 aliphatic heterocycles. The molecule has 1 amide bonds. The first-order chi connectivity index (χ1) is 15.2. The molecule has 2 aromatic rings. The van der Waals surface area contributed by atoms with Crippen LogP contribution in [0, 0.1) is 0 Å². The molecule has 3 rings (SSSR count). The van der Waals surface area contributed by atoms with E-state index in [1.54, 1.807) is 7.11 Å². The van der Waals surface area contributed by atoms with Crippen molar-refractivity contribution in [2.75, 3.05) is 33.1 Å². The molecule has 0 unspecified atom stereocenters. The molecule has 11 nitrogen and oxygen atoms in total. The lowest BCUT2D eigenvalue weighted by Gasteiger charge is -2.42. The Labute approximate surface area is 199 Å². The van der Waals surface area contributed by atoms with Crippen LogP contribution in [0.3, 0.4) is 0 Å². The lowest BCUT2D eigenvalue weighted by atomic mass is 9.88. The van der Waals surface area contributed by atoms with Gasteiger partial charge in [0.15, 0.2) is 0 Å². The normalized spacial score (nSPS) is 16.7. The minimum atomic E-state index is -3.67. The zero-order chi connectivity index (χ0) is 24.9. The summed E-state index contributed by atoms with van der Waals surface area (Å²) >= 11 is 6.25. The first-order valence-corrected chi connectivity index (χ1v) is 12.6. The van der Waals surface area contributed by atoms with Crippen molar-refractivity contribution in [2.24, 2.45) is 0 Å². The summed E-state index contributed by atoms with van der Waals surface area (Å²) < 4.78 is 36.7. The summed E-state index contributed by atoms with van der Waals surface area (Å²) in [7, 11) is -2.02. The molecule has 2 aromatic heterocycles. The van der Waals surface area contributed by atoms with Gasteiger partial charge in [-0.2, -0.15) is 8.42 Å². The summed E-state index contributed by atoms with van der Waals surface area (Å²) in [6.45, 7) is 8.39. The average Bonchev–Trinajstić information content (AvgIpc) is 3.05. The Morgan fingerprint density at radius 1 is 1.33 bits per heavy atom. The number of aromatic nitrogens is 3. The fraction of sp³-hybridized carbons (Fsp3) is 0.650. The van der Waals surface area contributed by atoms with E-state index in [0.29, 0.717) is 18.0 Å². The number of aromatic amines is 1. The van der Waals surface area contributed by atoms with Crippen LogP contribution >= 0.6 is 11.6 Å². The van der Waals surface area contributed by atoms with Gasteiger partial charge in [0.05, 0.1) is 23.8 Å². The number of rotatable bonds is 5. The molecule has 0 saturated carbocycles. The molecule has 0 bridgehead atoms. The van der Waals surface area contributed by atoms with Gasteiger partial charge in [0.1, 0.15) is 22.7 Å². The standard InChI is InChI=1S/C19H28ClN5O3.CH4O3S/c1-18(2,3)28-17(26)24-19(11-27-4)5-7-25(8-6-19)10-13-9-21-16-14(13)15(20)22-12-23-16;1-5(2,3)4/h9,12H,5-8,10-11H2,1-4H3,(H,24,26)(H,21,22,23);1H3,(H,2,3,4). The number of carbonyl (C=O) groups excluding carboxylic acids is 1. The number of nitrogens with zero attached hydrogens (tertiary/aromatic N) is 3. The molecule has 186 valence electrons. The van der Waals surface area contributed by atoms with Crippen LogP contribution in [0.5, 0.6) is 0 Å². The molecule has 33 heavy (non-hydrogen) atoms. The fourth-order valence-electron chi connectivity index (χ4n) is 3.59. The van der Waals surface area contributed by atoms with E-state index in [2.05, 4.69) is 25.2 Å². The Morgan fingerprint density at radius 3 is 2.48 bits per heavy atom. The number of alkyl carbamates (subject to hydrolysis) is 1. The summed E-state index contributed by atoms with van der Waals surface area (Å²) in [4.78, 5) is 26.1. The smallest absolute Gasteiger partial charge is 0.408 e. The number of carbonyl (C=O) groups is 1. The van der Waals surface area contributed by atoms with Crippen molar-refractivity contribution in [1.29, 1.82) is 0 Å². The first-order valence-electron chi connectivity index (χ1n) is 10.3. The van der Waals surface area contributed by atoms with E-state index in [1.165, 1.54) is 6.33 Å². The lowest BCUT2D eigenvalue weighted by Crippen LogP contribution is -2.58. The minimum absolute atomic E-state index is 0.404. The van der Waals surface area contributed by atoms with Crippen LogP contribution in [-0.4, -0.2) is 83.1 Å². The molecular formula is C20H32ClN5O6S. The predicted molar refractivity (Wildman–Crippen MR) is 125 cm³/mol. The predicted octanol–water partition coefficient (Wildman–Crippen LogP) is 2.62. The van der Waals surface area contributed by atoms with E-state index in [4.69, 9.17) is 25.6 Å². The van der Waals surface area contributed by atoms with Gasteiger partial charge in [0.25, 0.3) is 10.1 Å². The minimum Gasteiger partial charge on any atom is -0.444 e. The van der Waals surface area contributed by atoms with Gasteiger partial charge in [-0.25, -0.2) is 14.8 Å². The van der Waals surface area contributed by atoms with Gasteiger partial charge in [-0.05, 0) is 39.2 Å². The zero-order valence-electron chi connectivity index (χ0n) is 19.5. The monoisotopic (exact) mass is 505 g/mol. The van der Waals surface area contributed by atoms with Crippen molar-refractivity contribution in [1.82, 2.24) is 25.2 Å². The Balaban J connectivity index is 0.000000696. The molecular weight excluding hydrogens is 474 g/mol. The molecule has 0 aromatic carbocycles. The highest BCUT2D eigenvalue weighted by Gasteiger charge is 2.37. The Hall–Kier alpha value is -1.99. The number of fused-ring (bicyclic) bond motifs is 1. The van der Waals surface area contributed by atoms with Crippen molar-refractivity contribution in [3.05, 3.63) is 23.2 Å². The summed E-state index contributed by atoms with van der Waals surface area (Å²) in [5.41, 5.74) is 0.858. The Bertz CT molecular complexity index is 1040. The molecule has 0 radical (unpaired) electrons. The third-order valence-corrected chi connectivity index (χ3v) is 5.19. The maximum Gasteiger partial charge on any atom is 0.408 e. The van der Waals surface area contributed by atoms with Gasteiger partial charge in [0, 0.05) is 32.9 Å². The summed E-state index contributed by atoms with van der Waals surface area (Å²) in [6, 6.07) is 0. The second-order valence-electron chi connectivity index (χ2n) is 9.05. The third kappa shape index (κ3) is 9.05. The van der Waals surface area contributed by atoms with Crippen LogP contribution in [0.1, 0.15) is 39.2 Å². The largest absolute Gasteiger partial charge is 0.444 e. The number of hydrogen-bond donors (Lipinski definition) is 3. The number of likely N-dealkylation sites (tertiary alicyclic amines) is 1. The molecule has 3 heterocycles. The Morgan fingerprint density at radius 2 is 1.94 bits per heavy atom. The lowest BCUT2D eigenvalue weighted by molar-refractivity contribution is 0.0190. The van der Waals surface area contributed by atoms with E-state index in [9.17, 15) is 13.2 Å². The van der Waals surface area contributed by atoms with Gasteiger partial charge in [-0.1, -0.05) is 11.6 Å². The molecule has 0 spiro atoms. The van der Waals surface area contributed by atoms with E-state index < -0.39 is 27.4 Å². The molecule has 13 heteroatoms. The van der Waals surface area contributed by atoms with Crippen LogP contribution in [0.4, 0.5) is 4.79 Å². The average molecular weight is 506 g/mol. The topological polar surface area (TPSA) is 147 Å². The van der Waals surface area contributed by atoms with Crippen molar-refractivity contribution in [2.45, 2.75) is 51.3 Å². The van der Waals surface area contributed by atoms with E-state index in [-0.39, 0.29) is 0 Å². The summed E-state index contributed by atoms with van der Waals surface area (Å²) in [5.74, 6) is 0. The van der Waals surface area contributed by atoms with Gasteiger partial charge >= 0.3 is 6.09 Å². The van der Waals surface area contributed by atoms with Gasteiger partial charge in [-0.3, -0.25) is 9.45 Å². The quantitative estimate of drug-likeness (QED) is 0.412. The highest BCUT2D eigenvalue weighted by atomic mass is 35.5. The number of halogens is 1. The fourth-order valence-corrected chi connectivity index (χ4v) is 3.85. The number of methoxy groups -OCH3 is 1. The van der Waals surface area contributed by atoms with E-state index in [1.807, 2.05) is 27.0 Å². The molecule has 1 aliphatic rings. The number of piperidine rings is 1. The first kappa shape index (κ1) is 27.3. The van der Waals surface area contributed by atoms with E-state index in [0.717, 1.165) is 49.1 Å². The molecule has 3 N–H and O–H groups in total. The molecule has 1 saturated heterocycles. The van der Waals surface area contributed by atoms with Gasteiger partial charge in [-0.15, -0.1) is 0 Å². The summed E-state index contributed by atoms with van der Waals surface area (Å²) in [5, 5.41) is 4.37. The van der Waals surface area contributed by atoms with Gasteiger partial charge in [0.2, 0.25) is 0 Å². The third-order valence-electron chi connectivity index (χ3n) is 4.90. The van der Waals surface area contributed by atoms with Crippen molar-refractivity contribution in [3.63, 3.8) is 0 Å². The molecule has 1 fully saturated rings. The second kappa shape index (κ2) is 11.0. The van der Waals surface area contributed by atoms with E-state index >= 15 is 0 Å². The van der Waals surface area contributed by atoms with Crippen molar-refractivity contribution < 1.29 is 27.2 Å². The maximum atomic E-state index is 12.3. The highest BCUT2D eigenvalue weighted by molar-refractivity contribution is 7.85. The number of hydrogen-bond acceptors (Lipinski definition) is 8. The van der Waals surface area contributed by atoms with Crippen LogP contribution in [0.25, 0.3) is 11.0 Å². The van der Waals surface area contributed by atoms with Crippen molar-refractivity contribution >= 4 is 38.8 Å². The number of amides is 1. The summed E-state index contributed by atoms with van der Waals surface area (Å²) in [6.07, 6.45) is 5.24. The number of ether oxygens (including phenoxy) is 2. The van der Waals surface area contributed by atoms with Crippen LogP contribution in [0.2, 0.25) is 5.15 Å². The van der Waals surface area contributed by atoms with Crippen molar-refractivity contribution in [3.8, 4) is 0 Å². The molecule has 0 aliphatic carbocycles. The van der Waals surface area contributed by atoms with Crippen LogP contribution < -0.4 is 5.32 Å². The van der Waals surface area contributed by atoms with Gasteiger partial charge < -0.3 is 19.8 Å². The molecule has 0 atom stereocenters. The SMILES string of the molecule is COCC1(NC(=O)OC(C)(C)C)CCN(Cc2c[nH]c3ncnc(Cl)c23)CC1.CS(=O)(=O)O. The number of nitrogens with one attached hydrogen (secondary N) is 2. The number of H-pyrrole nitrogens is 1. The highest BCUT2D eigenvalue weighted by Crippen LogP contribution is 2.28. The Kier molecular flexibility index (Phi) is 9.05. The maximum absolute atomic E-state index is 12.3. The van der Waals surface area contributed by atoms with Crippen LogP contribution in [-0.2, 0) is 26.1 Å². The zero-order valence-corrected chi connectivity index (χ0v) is 21.1. The van der Waals surface area contributed by atoms with Crippen LogP contribution in [0.15, 0.2) is 12.5 Å².